The predicted octanol–water partition coefficient (Wildman–Crippen LogP) is 2.32. The monoisotopic (exact) mass is 423 g/mol. The van der Waals surface area contributed by atoms with E-state index >= 15 is 0 Å². The van der Waals surface area contributed by atoms with Crippen molar-refractivity contribution in [1.82, 2.24) is 19.7 Å². The lowest BCUT2D eigenvalue weighted by Crippen LogP contribution is -2.09. The Morgan fingerprint density at radius 1 is 1.38 bits per heavy atom. The van der Waals surface area contributed by atoms with E-state index in [4.69, 9.17) is 15.6 Å². The number of fused-ring (bicyclic) bond motifs is 1. The summed E-state index contributed by atoms with van der Waals surface area (Å²) in [6.07, 6.45) is 1.86. The van der Waals surface area contributed by atoms with Gasteiger partial charge in [0, 0.05) is 12.2 Å². The second kappa shape index (κ2) is 8.44. The number of hydrogen-bond acceptors (Lipinski definition) is 7. The van der Waals surface area contributed by atoms with E-state index in [0.717, 1.165) is 0 Å². The molecule has 0 aliphatic heterocycles. The van der Waals surface area contributed by atoms with E-state index in [1.807, 2.05) is 0 Å². The van der Waals surface area contributed by atoms with Crippen LogP contribution in [0.15, 0.2) is 24.4 Å². The minimum atomic E-state index is -3.51. The van der Waals surface area contributed by atoms with Crippen molar-refractivity contribution in [2.75, 3.05) is 25.6 Å². The number of aromatic nitrogens is 4. The number of ether oxygens (including phenoxy) is 1. The number of nitrogen functional groups attached to an aromatic ring is 1. The summed E-state index contributed by atoms with van der Waals surface area (Å²) in [5.41, 5.74) is 6.46. The highest BCUT2D eigenvalue weighted by Crippen LogP contribution is 2.54. The number of hydrogen-bond donors (Lipinski definition) is 3. The molecule has 0 saturated heterocycles. The lowest BCUT2D eigenvalue weighted by Gasteiger charge is -2.20. The van der Waals surface area contributed by atoms with Crippen LogP contribution in [0.1, 0.15) is 30.1 Å². The maximum Gasteiger partial charge on any atom is 0.320 e. The molecule has 0 fully saturated rings. The van der Waals surface area contributed by atoms with Crippen molar-refractivity contribution >= 4 is 24.2 Å². The molecule has 0 saturated carbocycles. The highest BCUT2D eigenvalue weighted by molar-refractivity contribution is 7.57. The molecule has 3 rings (SSSR count). The van der Waals surface area contributed by atoms with Gasteiger partial charge in [0.1, 0.15) is 18.2 Å². The summed E-state index contributed by atoms with van der Waals surface area (Å²) in [6, 6.07) is 4.47. The lowest BCUT2D eigenvalue weighted by molar-refractivity contribution is 0.192. The average molecular weight is 423 g/mol. The van der Waals surface area contributed by atoms with Gasteiger partial charge in [-0.2, -0.15) is 15.1 Å². The molecule has 1 aromatic carbocycles. The maximum atomic E-state index is 14.4. The topological polar surface area (TPSA) is 136 Å². The molecule has 2 heterocycles. The highest BCUT2D eigenvalue weighted by Gasteiger charge is 2.28. The van der Waals surface area contributed by atoms with Gasteiger partial charge in [0.25, 0.3) is 0 Å². The van der Waals surface area contributed by atoms with Crippen LogP contribution in [0.25, 0.3) is 11.0 Å². The molecule has 2 unspecified atom stereocenters. The van der Waals surface area contributed by atoms with Gasteiger partial charge in [-0.15, -0.1) is 0 Å². The first kappa shape index (κ1) is 21.2. The van der Waals surface area contributed by atoms with Gasteiger partial charge in [-0.3, -0.25) is 4.57 Å². The van der Waals surface area contributed by atoms with Crippen LogP contribution in [0.2, 0.25) is 0 Å². The van der Waals surface area contributed by atoms with Crippen LogP contribution >= 0.6 is 7.37 Å². The molecule has 29 heavy (non-hydrogen) atoms. The zero-order valence-electron chi connectivity index (χ0n) is 16.1. The molecule has 2 atom stereocenters. The second-order valence-electron chi connectivity index (χ2n) is 6.73. The zero-order valence-corrected chi connectivity index (χ0v) is 17.0. The Bertz CT molecular complexity index is 1070. The molecule has 0 spiro atoms. The number of aliphatic hydroxyl groups is 1. The van der Waals surface area contributed by atoms with Gasteiger partial charge in [0.05, 0.1) is 30.4 Å². The number of rotatable bonds is 8. The highest BCUT2D eigenvalue weighted by atomic mass is 31.2. The van der Waals surface area contributed by atoms with Crippen LogP contribution in [-0.2, 0) is 11.1 Å². The molecule has 3 aromatic rings. The Morgan fingerprint density at radius 2 is 2.14 bits per heavy atom. The predicted molar refractivity (Wildman–Crippen MR) is 107 cm³/mol. The Morgan fingerprint density at radius 3 is 2.79 bits per heavy atom. The number of halogens is 1. The third-order valence-electron chi connectivity index (χ3n) is 4.54. The van der Waals surface area contributed by atoms with E-state index in [2.05, 4.69) is 15.1 Å². The van der Waals surface area contributed by atoms with Crippen molar-refractivity contribution in [3.05, 3.63) is 41.3 Å². The van der Waals surface area contributed by atoms with Gasteiger partial charge < -0.3 is 20.5 Å². The van der Waals surface area contributed by atoms with Crippen molar-refractivity contribution in [2.45, 2.75) is 25.5 Å². The number of nitrogens with zero attached hydrogens (tertiary/aromatic N) is 4. The van der Waals surface area contributed by atoms with Crippen LogP contribution in [0, 0.1) is 5.82 Å². The summed E-state index contributed by atoms with van der Waals surface area (Å²) in [4.78, 5) is 18.3. The van der Waals surface area contributed by atoms with Crippen LogP contribution in [-0.4, -0.2) is 49.6 Å². The number of aliphatic hydroxyl groups excluding tert-OH is 1. The standard InChI is InChI=1S/C18H23FN5O4P/c1-3-15(29(2,26)27)12-8-11(4-5-14(12)19)10-24-17-13(9-21-24)16(20)22-18(23-17)28-7-6-25/h4-5,8-9,15,25H,3,6-7,10H2,1-2H3,(H,26,27)(H2,20,22,23). The van der Waals surface area contributed by atoms with E-state index in [-0.39, 0.29) is 37.2 Å². The molecule has 0 bridgehead atoms. The first-order valence-corrected chi connectivity index (χ1v) is 11.2. The quantitative estimate of drug-likeness (QED) is 0.470. The Balaban J connectivity index is 1.98. The van der Waals surface area contributed by atoms with Gasteiger partial charge in [-0.1, -0.05) is 19.1 Å². The van der Waals surface area contributed by atoms with Gasteiger partial charge in [-0.25, -0.2) is 9.07 Å². The van der Waals surface area contributed by atoms with E-state index in [0.29, 0.717) is 23.0 Å². The number of benzene rings is 1. The second-order valence-corrected chi connectivity index (χ2v) is 9.24. The molecule has 156 valence electrons. The van der Waals surface area contributed by atoms with Gasteiger partial charge >= 0.3 is 6.01 Å². The summed E-state index contributed by atoms with van der Waals surface area (Å²) >= 11 is 0. The van der Waals surface area contributed by atoms with E-state index in [1.54, 1.807) is 23.7 Å². The van der Waals surface area contributed by atoms with Crippen molar-refractivity contribution in [3.63, 3.8) is 0 Å². The summed E-state index contributed by atoms with van der Waals surface area (Å²) < 4.78 is 33.3. The molecule has 4 N–H and O–H groups in total. The van der Waals surface area contributed by atoms with Gasteiger partial charge in [0.15, 0.2) is 5.65 Å². The average Bonchev–Trinajstić information content (AvgIpc) is 3.05. The Kier molecular flexibility index (Phi) is 6.16. The molecule has 11 heteroatoms. The molecule has 0 amide bonds. The summed E-state index contributed by atoms with van der Waals surface area (Å²) in [6.45, 7) is 3.06. The van der Waals surface area contributed by atoms with E-state index in [9.17, 15) is 13.8 Å². The molecular formula is C18H23FN5O4P. The third-order valence-corrected chi connectivity index (χ3v) is 6.34. The van der Waals surface area contributed by atoms with Gasteiger partial charge in [-0.05, 0) is 18.1 Å². The van der Waals surface area contributed by atoms with E-state index < -0.39 is 18.8 Å². The van der Waals surface area contributed by atoms with Crippen molar-refractivity contribution in [2.24, 2.45) is 0 Å². The Labute approximate surface area is 166 Å². The smallest absolute Gasteiger partial charge is 0.320 e. The normalized spacial score (nSPS) is 14.7. The molecule has 0 aliphatic rings. The van der Waals surface area contributed by atoms with Crippen molar-refractivity contribution < 1.29 is 23.7 Å². The van der Waals surface area contributed by atoms with E-state index in [1.165, 1.54) is 18.9 Å². The lowest BCUT2D eigenvalue weighted by atomic mass is 10.1. The minimum absolute atomic E-state index is 0.0174. The maximum absolute atomic E-state index is 14.4. The zero-order chi connectivity index (χ0) is 21.2. The summed E-state index contributed by atoms with van der Waals surface area (Å²) in [7, 11) is -3.51. The van der Waals surface area contributed by atoms with Crippen molar-refractivity contribution in [3.8, 4) is 6.01 Å². The third kappa shape index (κ3) is 4.55. The van der Waals surface area contributed by atoms with Crippen LogP contribution in [0.3, 0.4) is 0 Å². The SMILES string of the molecule is CCC(c1cc(Cn2ncc3c(N)nc(OCCO)nc32)ccc1F)P(C)(=O)O. The van der Waals surface area contributed by atoms with Crippen LogP contribution in [0.5, 0.6) is 6.01 Å². The summed E-state index contributed by atoms with van der Waals surface area (Å²) in [5.74, 6) is -0.333. The fourth-order valence-electron chi connectivity index (χ4n) is 3.21. The number of nitrogens with two attached hydrogens (primary N) is 1. The molecule has 0 aliphatic carbocycles. The van der Waals surface area contributed by atoms with Crippen LogP contribution in [0.4, 0.5) is 10.2 Å². The summed E-state index contributed by atoms with van der Waals surface area (Å²) in [5, 5.41) is 13.7. The largest absolute Gasteiger partial charge is 0.461 e. The molecular weight excluding hydrogens is 400 g/mol. The fraction of sp³-hybridized carbons (Fsp3) is 0.389. The first-order valence-electron chi connectivity index (χ1n) is 9.05. The van der Waals surface area contributed by atoms with Crippen LogP contribution < -0.4 is 10.5 Å². The number of anilines is 1. The molecule has 2 aromatic heterocycles. The van der Waals surface area contributed by atoms with Gasteiger partial charge in [0.2, 0.25) is 7.37 Å². The van der Waals surface area contributed by atoms with Crippen molar-refractivity contribution in [1.29, 1.82) is 0 Å². The molecule has 9 nitrogen and oxygen atoms in total. The fourth-order valence-corrected chi connectivity index (χ4v) is 4.60. The molecule has 0 radical (unpaired) electrons. The first-order chi connectivity index (χ1) is 13.7. The minimum Gasteiger partial charge on any atom is -0.461 e. The Hall–Kier alpha value is -2.55.